The van der Waals surface area contributed by atoms with Crippen LogP contribution in [0.4, 0.5) is 5.69 Å². The Bertz CT molecular complexity index is 1340. The number of benzene rings is 2. The van der Waals surface area contributed by atoms with E-state index < -0.39 is 5.76 Å². The van der Waals surface area contributed by atoms with Gasteiger partial charge in [-0.25, -0.2) is 4.79 Å². The minimum atomic E-state index is -0.707. The summed E-state index contributed by atoms with van der Waals surface area (Å²) in [5, 5.41) is 7.82. The molecule has 2 aromatic carbocycles. The van der Waals surface area contributed by atoms with Crippen molar-refractivity contribution >= 4 is 34.1 Å². The number of aromatic nitrogens is 3. The number of carbonyl (C=O) groups excluding carboxylic acids is 1. The molecule has 1 amide bonds. The molecule has 4 aromatic rings. The number of nitrogens with zero attached hydrogens (tertiary/aromatic N) is 2. The second kappa shape index (κ2) is 8.89. The SMILES string of the molecule is COCC(C)Oc1cccc2cc(C(=O)Nc3ccc(Cl)cc3-c3noc(=O)[nH]3)n(C)c12. The van der Waals surface area contributed by atoms with Crippen LogP contribution in [0.1, 0.15) is 17.4 Å². The van der Waals surface area contributed by atoms with Gasteiger partial charge in [-0.15, -0.1) is 0 Å². The number of fused-ring (bicyclic) bond motifs is 1. The first-order valence-corrected chi connectivity index (χ1v) is 10.2. The Hall–Kier alpha value is -3.56. The topological polar surface area (TPSA) is 111 Å². The molecule has 1 unspecified atom stereocenters. The van der Waals surface area contributed by atoms with Crippen LogP contribution in [0.3, 0.4) is 0 Å². The van der Waals surface area contributed by atoms with E-state index in [0.29, 0.717) is 34.3 Å². The number of carbonyl (C=O) groups is 1. The van der Waals surface area contributed by atoms with Gasteiger partial charge in [-0.05, 0) is 37.3 Å². The number of anilines is 1. The molecule has 2 heterocycles. The first-order valence-electron chi connectivity index (χ1n) is 9.78. The zero-order chi connectivity index (χ0) is 22.8. The van der Waals surface area contributed by atoms with Crippen LogP contribution >= 0.6 is 11.6 Å². The monoisotopic (exact) mass is 456 g/mol. The lowest BCUT2D eigenvalue weighted by molar-refractivity contribution is 0.0928. The number of amides is 1. The van der Waals surface area contributed by atoms with E-state index in [0.717, 1.165) is 10.9 Å². The highest BCUT2D eigenvalue weighted by Gasteiger charge is 2.19. The van der Waals surface area contributed by atoms with Gasteiger partial charge in [0.05, 0.1) is 17.8 Å². The van der Waals surface area contributed by atoms with E-state index in [2.05, 4.69) is 20.0 Å². The lowest BCUT2D eigenvalue weighted by Gasteiger charge is -2.15. The Morgan fingerprint density at radius 3 is 2.84 bits per heavy atom. The smallest absolute Gasteiger partial charge is 0.439 e. The number of ether oxygens (including phenoxy) is 2. The fourth-order valence-electron chi connectivity index (χ4n) is 3.53. The predicted octanol–water partition coefficient (Wildman–Crippen LogP) is 3.84. The Morgan fingerprint density at radius 1 is 1.31 bits per heavy atom. The third kappa shape index (κ3) is 4.25. The van der Waals surface area contributed by atoms with Gasteiger partial charge in [0, 0.05) is 30.1 Å². The van der Waals surface area contributed by atoms with Crippen LogP contribution in [0.2, 0.25) is 5.02 Å². The van der Waals surface area contributed by atoms with Gasteiger partial charge in [0.1, 0.15) is 17.5 Å². The zero-order valence-corrected chi connectivity index (χ0v) is 18.4. The molecule has 0 saturated carbocycles. The molecule has 0 radical (unpaired) electrons. The van der Waals surface area contributed by atoms with Crippen LogP contribution in [0, 0.1) is 0 Å². The van der Waals surface area contributed by atoms with Crippen molar-refractivity contribution in [2.45, 2.75) is 13.0 Å². The summed E-state index contributed by atoms with van der Waals surface area (Å²) in [4.78, 5) is 27.0. The summed E-state index contributed by atoms with van der Waals surface area (Å²) < 4.78 is 17.5. The van der Waals surface area contributed by atoms with E-state index in [-0.39, 0.29) is 17.8 Å². The van der Waals surface area contributed by atoms with Gasteiger partial charge in [-0.2, -0.15) is 0 Å². The zero-order valence-electron chi connectivity index (χ0n) is 17.6. The molecule has 4 rings (SSSR count). The number of H-pyrrole nitrogens is 1. The molecular formula is C22H21ClN4O5. The normalized spacial score (nSPS) is 12.1. The summed E-state index contributed by atoms with van der Waals surface area (Å²) in [6.07, 6.45) is -0.154. The summed E-state index contributed by atoms with van der Waals surface area (Å²) >= 11 is 6.10. The minimum Gasteiger partial charge on any atom is -0.486 e. The number of aromatic amines is 1. The van der Waals surface area contributed by atoms with Crippen molar-refractivity contribution in [3.8, 4) is 17.1 Å². The second-order valence-corrected chi connectivity index (χ2v) is 7.69. The fourth-order valence-corrected chi connectivity index (χ4v) is 3.70. The standard InChI is InChI=1S/C22H21ClN4O5/c1-12(11-30-3)31-18-6-4-5-13-9-17(27(2)19(13)18)21(28)24-16-8-7-14(23)10-15(16)20-25-22(29)32-26-20/h4-10,12H,11H2,1-3H3,(H,24,28)(H,25,26,29). The van der Waals surface area contributed by atoms with E-state index in [9.17, 15) is 9.59 Å². The van der Waals surface area contributed by atoms with Crippen LogP contribution < -0.4 is 15.8 Å². The van der Waals surface area contributed by atoms with Crippen LogP contribution in [-0.2, 0) is 11.8 Å². The van der Waals surface area contributed by atoms with Gasteiger partial charge in [0.25, 0.3) is 5.91 Å². The molecule has 0 spiro atoms. The van der Waals surface area contributed by atoms with Crippen LogP contribution in [0.15, 0.2) is 51.8 Å². The number of methoxy groups -OCH3 is 1. The fraction of sp³-hybridized carbons (Fsp3) is 0.227. The van der Waals surface area contributed by atoms with Crippen molar-refractivity contribution in [3.63, 3.8) is 0 Å². The molecule has 2 N–H and O–H groups in total. The Labute approximate surface area is 187 Å². The number of hydrogen-bond donors (Lipinski definition) is 2. The van der Waals surface area contributed by atoms with Crippen molar-refractivity contribution < 1.29 is 18.8 Å². The molecule has 10 heteroatoms. The Kier molecular flexibility index (Phi) is 6.02. The number of aryl methyl sites for hydroxylation is 1. The minimum absolute atomic E-state index is 0.154. The van der Waals surface area contributed by atoms with E-state index in [1.165, 1.54) is 0 Å². The van der Waals surface area contributed by atoms with Gasteiger partial charge in [0.2, 0.25) is 0 Å². The van der Waals surface area contributed by atoms with Gasteiger partial charge in [-0.3, -0.25) is 14.3 Å². The Balaban J connectivity index is 1.69. The van der Waals surface area contributed by atoms with Crippen molar-refractivity contribution in [1.82, 2.24) is 14.7 Å². The van der Waals surface area contributed by atoms with Crippen molar-refractivity contribution in [3.05, 3.63) is 63.7 Å². The summed E-state index contributed by atoms with van der Waals surface area (Å²) in [6.45, 7) is 2.35. The maximum atomic E-state index is 13.2. The average Bonchev–Trinajstić information content (AvgIpc) is 3.33. The highest BCUT2D eigenvalue weighted by Crippen LogP contribution is 2.31. The summed E-state index contributed by atoms with van der Waals surface area (Å²) in [7, 11) is 3.41. The third-order valence-corrected chi connectivity index (χ3v) is 5.14. The molecule has 0 bridgehead atoms. The molecule has 166 valence electrons. The maximum absolute atomic E-state index is 13.2. The van der Waals surface area contributed by atoms with Gasteiger partial charge in [0.15, 0.2) is 5.82 Å². The number of hydrogen-bond acceptors (Lipinski definition) is 6. The quantitative estimate of drug-likeness (QED) is 0.437. The van der Waals surface area contributed by atoms with E-state index in [1.54, 1.807) is 43.0 Å². The van der Waals surface area contributed by atoms with Gasteiger partial charge < -0.3 is 19.4 Å². The van der Waals surface area contributed by atoms with E-state index >= 15 is 0 Å². The second-order valence-electron chi connectivity index (χ2n) is 7.25. The maximum Gasteiger partial charge on any atom is 0.439 e. The lowest BCUT2D eigenvalue weighted by atomic mass is 10.1. The van der Waals surface area contributed by atoms with Crippen molar-refractivity contribution in [2.75, 3.05) is 19.0 Å². The number of halogens is 1. The number of rotatable bonds is 7. The van der Waals surface area contributed by atoms with Crippen LogP contribution in [0.25, 0.3) is 22.3 Å². The molecule has 2 aromatic heterocycles. The Morgan fingerprint density at radius 2 is 2.12 bits per heavy atom. The van der Waals surface area contributed by atoms with Crippen LogP contribution in [0.5, 0.6) is 5.75 Å². The average molecular weight is 457 g/mol. The van der Waals surface area contributed by atoms with Crippen LogP contribution in [-0.4, -0.2) is 40.4 Å². The van der Waals surface area contributed by atoms with E-state index in [4.69, 9.17) is 21.1 Å². The number of nitrogens with one attached hydrogen (secondary N) is 2. The van der Waals surface area contributed by atoms with Gasteiger partial charge in [-0.1, -0.05) is 28.9 Å². The van der Waals surface area contributed by atoms with Crippen molar-refractivity contribution in [1.29, 1.82) is 0 Å². The predicted molar refractivity (Wildman–Crippen MR) is 120 cm³/mol. The largest absolute Gasteiger partial charge is 0.486 e. The highest BCUT2D eigenvalue weighted by molar-refractivity contribution is 6.31. The highest BCUT2D eigenvalue weighted by atomic mass is 35.5. The molecule has 9 nitrogen and oxygen atoms in total. The summed E-state index contributed by atoms with van der Waals surface area (Å²) in [5.41, 5.74) is 2.05. The third-order valence-electron chi connectivity index (χ3n) is 4.91. The lowest BCUT2D eigenvalue weighted by Crippen LogP contribution is -2.19. The first kappa shape index (κ1) is 21.7. The summed E-state index contributed by atoms with van der Waals surface area (Å²) in [6, 6.07) is 12.3. The molecule has 1 atom stereocenters. The first-order chi connectivity index (χ1) is 15.4. The molecule has 0 fully saturated rings. The molecule has 0 aliphatic rings. The molecule has 0 saturated heterocycles. The van der Waals surface area contributed by atoms with E-state index in [1.807, 2.05) is 25.1 Å². The van der Waals surface area contributed by atoms with Gasteiger partial charge >= 0.3 is 5.76 Å². The number of para-hydroxylation sites is 1. The molecule has 0 aliphatic carbocycles. The molecule has 32 heavy (non-hydrogen) atoms. The molecular weight excluding hydrogens is 436 g/mol. The molecule has 0 aliphatic heterocycles. The van der Waals surface area contributed by atoms with Crippen molar-refractivity contribution in [2.24, 2.45) is 7.05 Å². The summed E-state index contributed by atoms with van der Waals surface area (Å²) in [5.74, 6) is -0.246.